The lowest BCUT2D eigenvalue weighted by Gasteiger charge is -2.33. The fourth-order valence-electron chi connectivity index (χ4n) is 2.72. The van der Waals surface area contributed by atoms with Crippen LogP contribution in [-0.2, 0) is 16.6 Å². The number of ether oxygens (including phenoxy) is 1. The van der Waals surface area contributed by atoms with Gasteiger partial charge in [-0.2, -0.15) is 5.10 Å². The van der Waals surface area contributed by atoms with Gasteiger partial charge >= 0.3 is 0 Å². The van der Waals surface area contributed by atoms with Crippen molar-refractivity contribution < 1.29 is 9.53 Å². The van der Waals surface area contributed by atoms with E-state index in [2.05, 4.69) is 25.3 Å². The summed E-state index contributed by atoms with van der Waals surface area (Å²) in [5, 5.41) is 8.12. The fraction of sp³-hybridized carbons (Fsp3) is 0.571. The van der Waals surface area contributed by atoms with Crippen LogP contribution in [0.1, 0.15) is 12.8 Å². The molecule has 0 bridgehead atoms. The van der Waals surface area contributed by atoms with Gasteiger partial charge < -0.3 is 15.0 Å². The fourth-order valence-corrected chi connectivity index (χ4v) is 2.72. The lowest BCUT2D eigenvalue weighted by molar-refractivity contribution is -0.133. The monoisotopic (exact) mass is 302 g/mol. The first-order valence-electron chi connectivity index (χ1n) is 7.52. The standard InChI is InChI=1S/C14H18N6O2/c1-19-12-10(6-17-19)13(16-8-15-12)20-4-5-22-11(7-20)14(21)18-9-2-3-9/h6,8-9,11H,2-5,7H2,1H3,(H,18,21). The van der Waals surface area contributed by atoms with E-state index >= 15 is 0 Å². The number of aromatic nitrogens is 4. The van der Waals surface area contributed by atoms with Gasteiger partial charge in [0.2, 0.25) is 0 Å². The first-order chi connectivity index (χ1) is 10.7. The average Bonchev–Trinajstić information content (AvgIpc) is 3.28. The number of nitrogens with one attached hydrogen (secondary N) is 1. The Hall–Kier alpha value is -2.22. The minimum absolute atomic E-state index is 0.0244. The summed E-state index contributed by atoms with van der Waals surface area (Å²) in [5.74, 6) is 0.786. The molecular weight excluding hydrogens is 284 g/mol. The van der Waals surface area contributed by atoms with Crippen molar-refractivity contribution in [1.29, 1.82) is 0 Å². The van der Waals surface area contributed by atoms with Crippen molar-refractivity contribution in [2.45, 2.75) is 25.0 Å². The SMILES string of the molecule is Cn1ncc2c(N3CCOC(C(=O)NC4CC4)C3)ncnc21. The molecule has 8 heteroatoms. The quantitative estimate of drug-likeness (QED) is 0.848. The molecule has 3 heterocycles. The van der Waals surface area contributed by atoms with Crippen molar-refractivity contribution in [2.24, 2.45) is 7.05 Å². The summed E-state index contributed by atoms with van der Waals surface area (Å²) in [6.45, 7) is 1.71. The number of rotatable bonds is 3. The highest BCUT2D eigenvalue weighted by Crippen LogP contribution is 2.24. The molecule has 116 valence electrons. The second kappa shape index (κ2) is 5.20. The van der Waals surface area contributed by atoms with Gasteiger partial charge in [-0.25, -0.2) is 9.97 Å². The van der Waals surface area contributed by atoms with Gasteiger partial charge in [0.05, 0.1) is 24.7 Å². The van der Waals surface area contributed by atoms with Crippen LogP contribution in [0.5, 0.6) is 0 Å². The van der Waals surface area contributed by atoms with Gasteiger partial charge in [-0.3, -0.25) is 9.48 Å². The van der Waals surface area contributed by atoms with Gasteiger partial charge in [0, 0.05) is 19.6 Å². The van der Waals surface area contributed by atoms with E-state index in [1.807, 2.05) is 7.05 Å². The molecule has 0 spiro atoms. The minimum atomic E-state index is -0.448. The number of anilines is 1. The van der Waals surface area contributed by atoms with Crippen LogP contribution in [-0.4, -0.2) is 57.5 Å². The number of hydrogen-bond donors (Lipinski definition) is 1. The zero-order valence-corrected chi connectivity index (χ0v) is 12.4. The van der Waals surface area contributed by atoms with Crippen LogP contribution >= 0.6 is 0 Å². The van der Waals surface area contributed by atoms with Gasteiger partial charge in [0.15, 0.2) is 11.8 Å². The molecule has 0 aromatic carbocycles. The summed E-state index contributed by atoms with van der Waals surface area (Å²) in [5.41, 5.74) is 0.787. The van der Waals surface area contributed by atoms with Gasteiger partial charge in [-0.1, -0.05) is 0 Å². The Morgan fingerprint density at radius 3 is 3.09 bits per heavy atom. The zero-order chi connectivity index (χ0) is 15.1. The van der Waals surface area contributed by atoms with E-state index < -0.39 is 6.10 Å². The molecular formula is C14H18N6O2. The maximum absolute atomic E-state index is 12.2. The largest absolute Gasteiger partial charge is 0.365 e. The smallest absolute Gasteiger partial charge is 0.251 e. The van der Waals surface area contributed by atoms with Gasteiger partial charge in [0.25, 0.3) is 5.91 Å². The highest BCUT2D eigenvalue weighted by Gasteiger charge is 2.32. The Labute approximate surface area is 127 Å². The molecule has 2 aromatic heterocycles. The summed E-state index contributed by atoms with van der Waals surface area (Å²) in [6, 6.07) is 0.343. The Bertz CT molecular complexity index is 710. The zero-order valence-electron chi connectivity index (χ0n) is 12.4. The summed E-state index contributed by atoms with van der Waals surface area (Å²) in [6.07, 6.45) is 5.00. The van der Waals surface area contributed by atoms with Crippen LogP contribution < -0.4 is 10.2 Å². The molecule has 22 heavy (non-hydrogen) atoms. The first kappa shape index (κ1) is 13.4. The van der Waals surface area contributed by atoms with Crippen molar-refractivity contribution in [3.63, 3.8) is 0 Å². The lowest BCUT2D eigenvalue weighted by atomic mass is 10.2. The molecule has 1 aliphatic carbocycles. The molecule has 0 radical (unpaired) electrons. The number of hydrogen-bond acceptors (Lipinski definition) is 6. The minimum Gasteiger partial charge on any atom is -0.365 e. The van der Waals surface area contributed by atoms with E-state index in [0.717, 1.165) is 29.7 Å². The van der Waals surface area contributed by atoms with E-state index in [1.165, 1.54) is 6.33 Å². The van der Waals surface area contributed by atoms with Crippen LogP contribution in [0.3, 0.4) is 0 Å². The molecule has 2 aliphatic rings. The molecule has 1 atom stereocenters. The lowest BCUT2D eigenvalue weighted by Crippen LogP contribution is -2.50. The predicted molar refractivity (Wildman–Crippen MR) is 79.4 cm³/mol. The Morgan fingerprint density at radius 2 is 2.27 bits per heavy atom. The third kappa shape index (κ3) is 2.39. The predicted octanol–water partition coefficient (Wildman–Crippen LogP) is -0.153. The number of aryl methyl sites for hydroxylation is 1. The number of carbonyl (C=O) groups is 1. The molecule has 1 saturated heterocycles. The molecule has 1 saturated carbocycles. The molecule has 8 nitrogen and oxygen atoms in total. The van der Waals surface area contributed by atoms with E-state index in [4.69, 9.17) is 4.74 Å². The van der Waals surface area contributed by atoms with Crippen LogP contribution in [0.4, 0.5) is 5.82 Å². The van der Waals surface area contributed by atoms with E-state index in [0.29, 0.717) is 25.7 Å². The van der Waals surface area contributed by atoms with Crippen LogP contribution in [0, 0.1) is 0 Å². The van der Waals surface area contributed by atoms with Crippen molar-refractivity contribution in [3.8, 4) is 0 Å². The van der Waals surface area contributed by atoms with E-state index in [9.17, 15) is 4.79 Å². The normalized spacial score (nSPS) is 22.0. The highest BCUT2D eigenvalue weighted by atomic mass is 16.5. The average molecular weight is 302 g/mol. The topological polar surface area (TPSA) is 85.2 Å². The molecule has 1 aliphatic heterocycles. The maximum Gasteiger partial charge on any atom is 0.251 e. The number of nitrogens with zero attached hydrogens (tertiary/aromatic N) is 5. The number of carbonyl (C=O) groups excluding carboxylic acids is 1. The molecule has 4 rings (SSSR count). The van der Waals surface area contributed by atoms with Crippen LogP contribution in [0.2, 0.25) is 0 Å². The number of morpholine rings is 1. The maximum atomic E-state index is 12.2. The van der Waals surface area contributed by atoms with E-state index in [1.54, 1.807) is 10.9 Å². The van der Waals surface area contributed by atoms with Crippen LogP contribution in [0.15, 0.2) is 12.5 Å². The molecule has 2 aromatic rings. The Balaban J connectivity index is 1.56. The highest BCUT2D eigenvalue weighted by molar-refractivity contribution is 5.87. The van der Waals surface area contributed by atoms with E-state index in [-0.39, 0.29) is 5.91 Å². The van der Waals surface area contributed by atoms with Crippen molar-refractivity contribution in [3.05, 3.63) is 12.5 Å². The number of amides is 1. The summed E-state index contributed by atoms with van der Waals surface area (Å²) in [4.78, 5) is 22.9. The number of fused-ring (bicyclic) bond motifs is 1. The summed E-state index contributed by atoms with van der Waals surface area (Å²) in [7, 11) is 1.85. The molecule has 1 amide bonds. The van der Waals surface area contributed by atoms with Crippen molar-refractivity contribution >= 4 is 22.8 Å². The van der Waals surface area contributed by atoms with Gasteiger partial charge in [-0.15, -0.1) is 0 Å². The first-order valence-corrected chi connectivity index (χ1v) is 7.52. The Kier molecular flexibility index (Phi) is 3.18. The van der Waals surface area contributed by atoms with Crippen LogP contribution in [0.25, 0.3) is 11.0 Å². The summed E-state index contributed by atoms with van der Waals surface area (Å²) >= 11 is 0. The molecule has 1 unspecified atom stereocenters. The molecule has 2 fully saturated rings. The van der Waals surface area contributed by atoms with Gasteiger partial charge in [0.1, 0.15) is 12.1 Å². The second-order valence-corrected chi connectivity index (χ2v) is 5.79. The second-order valence-electron chi connectivity index (χ2n) is 5.79. The third-order valence-corrected chi connectivity index (χ3v) is 4.09. The Morgan fingerprint density at radius 1 is 1.41 bits per heavy atom. The molecule has 1 N–H and O–H groups in total. The third-order valence-electron chi connectivity index (χ3n) is 4.09. The van der Waals surface area contributed by atoms with Crippen molar-refractivity contribution in [2.75, 3.05) is 24.6 Å². The summed E-state index contributed by atoms with van der Waals surface area (Å²) < 4.78 is 7.34. The van der Waals surface area contributed by atoms with Crippen molar-refractivity contribution in [1.82, 2.24) is 25.1 Å². The van der Waals surface area contributed by atoms with Gasteiger partial charge in [-0.05, 0) is 12.8 Å².